The van der Waals surface area contributed by atoms with Crippen LogP contribution >= 0.6 is 0 Å². The van der Waals surface area contributed by atoms with Gasteiger partial charge in [0.05, 0.1) is 0 Å². The Morgan fingerprint density at radius 3 is 2.04 bits per heavy atom. The van der Waals surface area contributed by atoms with Crippen molar-refractivity contribution in [2.75, 3.05) is 6.61 Å². The lowest BCUT2D eigenvalue weighted by Gasteiger charge is -2.41. The van der Waals surface area contributed by atoms with Gasteiger partial charge in [-0.15, -0.1) is 0 Å². The summed E-state index contributed by atoms with van der Waals surface area (Å²) in [6.45, 7) is 4.22. The number of esters is 3. The van der Waals surface area contributed by atoms with Gasteiger partial charge in [0.15, 0.2) is 18.3 Å². The van der Waals surface area contributed by atoms with Crippen molar-refractivity contribution in [3.63, 3.8) is 0 Å². The second-order valence-electron chi connectivity index (χ2n) is 5.22. The molecule has 4 atom stereocenters. The number of oxime groups is 1. The molecule has 25 heavy (non-hydrogen) atoms. The fourth-order valence-electron chi connectivity index (χ4n) is 2.28. The number of hydrogen-bond donors (Lipinski definition) is 2. The number of hydrogen-bond acceptors (Lipinski definition) is 10. The summed E-state index contributed by atoms with van der Waals surface area (Å²) in [7, 11) is 0. The average molecular weight is 360 g/mol. The van der Waals surface area contributed by atoms with Gasteiger partial charge in [0.25, 0.3) is 5.90 Å². The molecule has 0 saturated carbocycles. The number of rotatable bonds is 5. The second kappa shape index (κ2) is 8.85. The third-order valence-electron chi connectivity index (χ3n) is 3.07. The summed E-state index contributed by atoms with van der Waals surface area (Å²) < 4.78 is 20.5. The van der Waals surface area contributed by atoms with Crippen LogP contribution < -0.4 is 5.32 Å². The van der Waals surface area contributed by atoms with Crippen molar-refractivity contribution in [3.05, 3.63) is 0 Å². The predicted octanol–water partition coefficient (Wildman–Crippen LogP) is -0.896. The zero-order valence-electron chi connectivity index (χ0n) is 14.2. The number of nitrogens with one attached hydrogen (secondary N) is 1. The van der Waals surface area contributed by atoms with E-state index in [1.165, 1.54) is 6.92 Å². The quantitative estimate of drug-likeness (QED) is 0.275. The van der Waals surface area contributed by atoms with E-state index in [2.05, 4.69) is 10.5 Å². The molecular formula is C14H20N2O9. The molecule has 2 N–H and O–H groups in total. The highest BCUT2D eigenvalue weighted by Gasteiger charge is 2.50. The number of amides is 1. The zero-order chi connectivity index (χ0) is 19.1. The number of carbonyl (C=O) groups is 4. The van der Waals surface area contributed by atoms with E-state index in [0.717, 1.165) is 20.8 Å². The van der Waals surface area contributed by atoms with E-state index in [1.807, 2.05) is 0 Å². The first-order valence-electron chi connectivity index (χ1n) is 7.29. The summed E-state index contributed by atoms with van der Waals surface area (Å²) >= 11 is 0. The molecule has 4 unspecified atom stereocenters. The van der Waals surface area contributed by atoms with Crippen LogP contribution in [0.25, 0.3) is 0 Å². The Balaban J connectivity index is 3.23. The van der Waals surface area contributed by atoms with E-state index >= 15 is 0 Å². The van der Waals surface area contributed by atoms with Crippen LogP contribution in [-0.2, 0) is 38.1 Å². The Kier molecular flexibility index (Phi) is 7.15. The average Bonchev–Trinajstić information content (AvgIpc) is 2.48. The maximum atomic E-state index is 11.4. The molecule has 1 aliphatic rings. The van der Waals surface area contributed by atoms with Crippen LogP contribution in [0.2, 0.25) is 0 Å². The van der Waals surface area contributed by atoms with Crippen LogP contribution in [0.4, 0.5) is 0 Å². The second-order valence-corrected chi connectivity index (χ2v) is 5.22. The van der Waals surface area contributed by atoms with Crippen LogP contribution in [0, 0.1) is 0 Å². The molecule has 140 valence electrons. The summed E-state index contributed by atoms with van der Waals surface area (Å²) in [6.07, 6.45) is -3.60. The maximum Gasteiger partial charge on any atom is 0.303 e. The standard InChI is InChI=1S/C14H20N2O9/c1-6(17)15-11-13(24-9(4)20)12(23-8(3)19)10(5-22-7(2)18)25-14(11)16-21/h10-13,21H,5H2,1-4H3,(H,15,17)/b16-14-. The maximum absolute atomic E-state index is 11.4. The van der Waals surface area contributed by atoms with E-state index in [-0.39, 0.29) is 12.5 Å². The van der Waals surface area contributed by atoms with Crippen LogP contribution in [0.1, 0.15) is 27.7 Å². The molecule has 0 bridgehead atoms. The first-order chi connectivity index (χ1) is 11.6. The smallest absolute Gasteiger partial charge is 0.303 e. The van der Waals surface area contributed by atoms with Gasteiger partial charge in [-0.25, -0.2) is 0 Å². The van der Waals surface area contributed by atoms with Gasteiger partial charge in [-0.05, 0) is 0 Å². The molecule has 0 spiro atoms. The summed E-state index contributed by atoms with van der Waals surface area (Å²) in [4.78, 5) is 45.3. The summed E-state index contributed by atoms with van der Waals surface area (Å²) in [6, 6.07) is -1.20. The fourth-order valence-corrected chi connectivity index (χ4v) is 2.28. The van der Waals surface area contributed by atoms with Crippen molar-refractivity contribution in [1.82, 2.24) is 5.32 Å². The molecule has 1 fully saturated rings. The largest absolute Gasteiger partial charge is 0.466 e. The van der Waals surface area contributed by atoms with Crippen LogP contribution in [0.15, 0.2) is 5.16 Å². The molecule has 0 aromatic carbocycles. The minimum absolute atomic E-state index is 0.364. The highest BCUT2D eigenvalue weighted by molar-refractivity contribution is 5.88. The first kappa shape index (κ1) is 20.2. The third kappa shape index (κ3) is 5.94. The third-order valence-corrected chi connectivity index (χ3v) is 3.07. The van der Waals surface area contributed by atoms with Gasteiger partial charge in [0, 0.05) is 27.7 Å². The van der Waals surface area contributed by atoms with Crippen LogP contribution in [0.3, 0.4) is 0 Å². The van der Waals surface area contributed by atoms with E-state index in [1.54, 1.807) is 0 Å². The van der Waals surface area contributed by atoms with E-state index in [9.17, 15) is 19.2 Å². The highest BCUT2D eigenvalue weighted by atomic mass is 16.6. The van der Waals surface area contributed by atoms with E-state index in [0.29, 0.717) is 0 Å². The van der Waals surface area contributed by atoms with Crippen molar-refractivity contribution in [2.24, 2.45) is 5.16 Å². The van der Waals surface area contributed by atoms with E-state index < -0.39 is 48.2 Å². The van der Waals surface area contributed by atoms with Gasteiger partial charge < -0.3 is 29.5 Å². The van der Waals surface area contributed by atoms with Crippen molar-refractivity contribution in [1.29, 1.82) is 0 Å². The first-order valence-corrected chi connectivity index (χ1v) is 7.29. The normalized spacial score (nSPS) is 27.0. The molecule has 0 aromatic rings. The lowest BCUT2D eigenvalue weighted by atomic mass is 9.96. The highest BCUT2D eigenvalue weighted by Crippen LogP contribution is 2.24. The molecule has 1 amide bonds. The van der Waals surface area contributed by atoms with Gasteiger partial charge in [-0.3, -0.25) is 19.2 Å². The molecule has 1 saturated heterocycles. The van der Waals surface area contributed by atoms with Gasteiger partial charge in [-0.1, -0.05) is 5.16 Å². The molecule has 0 aromatic heterocycles. The monoisotopic (exact) mass is 360 g/mol. The van der Waals surface area contributed by atoms with Crippen molar-refractivity contribution in [3.8, 4) is 0 Å². The summed E-state index contributed by atoms with van der Waals surface area (Å²) in [5.41, 5.74) is 0. The molecular weight excluding hydrogens is 340 g/mol. The summed E-state index contributed by atoms with van der Waals surface area (Å²) in [5, 5.41) is 14.5. The lowest BCUT2D eigenvalue weighted by Crippen LogP contribution is -2.64. The minimum Gasteiger partial charge on any atom is -0.466 e. The van der Waals surface area contributed by atoms with Crippen LogP contribution in [0.5, 0.6) is 0 Å². The lowest BCUT2D eigenvalue weighted by molar-refractivity contribution is -0.186. The van der Waals surface area contributed by atoms with E-state index in [4.69, 9.17) is 24.2 Å². The van der Waals surface area contributed by atoms with Crippen molar-refractivity contribution >= 4 is 29.7 Å². The predicted molar refractivity (Wildman–Crippen MR) is 79.4 cm³/mol. The Labute approximate surface area is 143 Å². The SMILES string of the molecule is CC(=O)NC1/C(=N/O)OC(COC(C)=O)C(OC(C)=O)C1OC(C)=O. The van der Waals surface area contributed by atoms with Crippen LogP contribution in [-0.4, -0.2) is 65.9 Å². The molecule has 0 radical (unpaired) electrons. The Morgan fingerprint density at radius 2 is 1.60 bits per heavy atom. The Hall–Kier alpha value is -2.85. The van der Waals surface area contributed by atoms with Gasteiger partial charge in [-0.2, -0.15) is 0 Å². The van der Waals surface area contributed by atoms with Gasteiger partial charge in [0.1, 0.15) is 12.6 Å². The molecule has 0 aliphatic carbocycles. The molecule has 1 heterocycles. The molecule has 11 nitrogen and oxygen atoms in total. The summed E-state index contributed by atoms with van der Waals surface area (Å²) in [5.74, 6) is -3.00. The number of ether oxygens (including phenoxy) is 4. The van der Waals surface area contributed by atoms with Gasteiger partial charge >= 0.3 is 17.9 Å². The fraction of sp³-hybridized carbons (Fsp3) is 0.643. The van der Waals surface area contributed by atoms with Crippen molar-refractivity contribution < 1.29 is 43.3 Å². The molecule has 1 rings (SSSR count). The topological polar surface area (TPSA) is 150 Å². The molecule has 11 heteroatoms. The Bertz CT molecular complexity index is 575. The zero-order valence-corrected chi connectivity index (χ0v) is 14.2. The number of nitrogens with zero attached hydrogens (tertiary/aromatic N) is 1. The minimum atomic E-state index is -1.26. The van der Waals surface area contributed by atoms with Gasteiger partial charge in [0.2, 0.25) is 5.91 Å². The Morgan fingerprint density at radius 1 is 1.04 bits per heavy atom. The number of carbonyl (C=O) groups excluding carboxylic acids is 4. The van der Waals surface area contributed by atoms with Crippen molar-refractivity contribution in [2.45, 2.75) is 52.0 Å². The molecule has 1 aliphatic heterocycles.